The SMILES string of the molecule is Cc1cc(C(Cl)c2ccc(Cl)cc2F)c(F)cc1F. The van der Waals surface area contributed by atoms with Gasteiger partial charge in [0.2, 0.25) is 0 Å². The Bertz CT molecular complexity index is 626. The molecule has 19 heavy (non-hydrogen) atoms. The van der Waals surface area contributed by atoms with Crippen molar-refractivity contribution in [3.05, 3.63) is 69.5 Å². The molecule has 100 valence electrons. The zero-order valence-corrected chi connectivity index (χ0v) is 11.4. The molecule has 2 rings (SSSR count). The molecular formula is C14H9Cl2F3. The predicted octanol–water partition coefficient (Wildman–Crippen LogP) is 5.39. The van der Waals surface area contributed by atoms with Gasteiger partial charge < -0.3 is 0 Å². The van der Waals surface area contributed by atoms with Crippen LogP contribution >= 0.6 is 23.2 Å². The lowest BCUT2D eigenvalue weighted by Gasteiger charge is -2.13. The summed E-state index contributed by atoms with van der Waals surface area (Å²) in [5.74, 6) is -2.10. The Labute approximate surface area is 118 Å². The van der Waals surface area contributed by atoms with Crippen LogP contribution in [0.25, 0.3) is 0 Å². The smallest absolute Gasteiger partial charge is 0.131 e. The second-order valence-electron chi connectivity index (χ2n) is 4.15. The summed E-state index contributed by atoms with van der Waals surface area (Å²) in [6, 6.07) is 5.96. The monoisotopic (exact) mass is 304 g/mol. The van der Waals surface area contributed by atoms with Crippen LogP contribution in [-0.4, -0.2) is 0 Å². The molecule has 0 heterocycles. The first-order valence-electron chi connectivity index (χ1n) is 5.44. The largest absolute Gasteiger partial charge is 0.207 e. The molecule has 0 nitrogen and oxygen atoms in total. The van der Waals surface area contributed by atoms with E-state index in [1.807, 2.05) is 0 Å². The third kappa shape index (κ3) is 2.88. The predicted molar refractivity (Wildman–Crippen MR) is 70.2 cm³/mol. The van der Waals surface area contributed by atoms with Crippen LogP contribution in [0.4, 0.5) is 13.2 Å². The van der Waals surface area contributed by atoms with Crippen LogP contribution in [0.2, 0.25) is 5.02 Å². The zero-order chi connectivity index (χ0) is 14.2. The lowest BCUT2D eigenvalue weighted by atomic mass is 10.0. The van der Waals surface area contributed by atoms with Gasteiger partial charge in [0.15, 0.2) is 0 Å². The summed E-state index contributed by atoms with van der Waals surface area (Å²) in [6.45, 7) is 1.49. The van der Waals surface area contributed by atoms with Gasteiger partial charge in [0, 0.05) is 22.2 Å². The highest BCUT2D eigenvalue weighted by molar-refractivity contribution is 6.30. The number of benzene rings is 2. The van der Waals surface area contributed by atoms with Crippen molar-refractivity contribution in [2.24, 2.45) is 0 Å². The molecule has 2 aromatic rings. The minimum Gasteiger partial charge on any atom is -0.207 e. The minimum atomic E-state index is -1.04. The van der Waals surface area contributed by atoms with E-state index in [4.69, 9.17) is 23.2 Å². The van der Waals surface area contributed by atoms with E-state index in [0.717, 1.165) is 12.1 Å². The number of alkyl halides is 1. The van der Waals surface area contributed by atoms with E-state index in [9.17, 15) is 13.2 Å². The first-order valence-corrected chi connectivity index (χ1v) is 6.26. The lowest BCUT2D eigenvalue weighted by Crippen LogP contribution is -2.02. The maximum atomic E-state index is 13.7. The van der Waals surface area contributed by atoms with Gasteiger partial charge in [-0.2, -0.15) is 0 Å². The number of hydrogen-bond acceptors (Lipinski definition) is 0. The highest BCUT2D eigenvalue weighted by Crippen LogP contribution is 2.34. The van der Waals surface area contributed by atoms with Gasteiger partial charge in [0.25, 0.3) is 0 Å². The van der Waals surface area contributed by atoms with Crippen LogP contribution in [-0.2, 0) is 0 Å². The second-order valence-corrected chi connectivity index (χ2v) is 5.02. The summed E-state index contributed by atoms with van der Waals surface area (Å²) in [5.41, 5.74) is 0.370. The molecular weight excluding hydrogens is 296 g/mol. The van der Waals surface area contributed by atoms with Gasteiger partial charge in [-0.15, -0.1) is 11.6 Å². The van der Waals surface area contributed by atoms with E-state index in [0.29, 0.717) is 0 Å². The third-order valence-electron chi connectivity index (χ3n) is 2.79. The van der Waals surface area contributed by atoms with Gasteiger partial charge in [-0.1, -0.05) is 17.7 Å². The maximum absolute atomic E-state index is 13.7. The molecule has 5 heteroatoms. The van der Waals surface area contributed by atoms with E-state index in [1.54, 1.807) is 0 Å². The average Bonchev–Trinajstić information content (AvgIpc) is 2.33. The van der Waals surface area contributed by atoms with Crippen molar-refractivity contribution >= 4 is 23.2 Å². The summed E-state index contributed by atoms with van der Waals surface area (Å²) < 4.78 is 40.6. The van der Waals surface area contributed by atoms with Crippen LogP contribution in [0.3, 0.4) is 0 Å². The van der Waals surface area contributed by atoms with Crippen molar-refractivity contribution in [1.82, 2.24) is 0 Å². The van der Waals surface area contributed by atoms with Crippen LogP contribution in [0.5, 0.6) is 0 Å². The van der Waals surface area contributed by atoms with Gasteiger partial charge in [-0.05, 0) is 30.7 Å². The summed E-state index contributed by atoms with van der Waals surface area (Å²) in [7, 11) is 0. The molecule has 0 aliphatic rings. The molecule has 0 radical (unpaired) electrons. The van der Waals surface area contributed by atoms with E-state index in [1.165, 1.54) is 25.1 Å². The molecule has 0 saturated heterocycles. The Morgan fingerprint density at radius 1 is 0.895 bits per heavy atom. The molecule has 0 aromatic heterocycles. The highest BCUT2D eigenvalue weighted by Gasteiger charge is 2.20. The third-order valence-corrected chi connectivity index (χ3v) is 3.49. The maximum Gasteiger partial charge on any atom is 0.131 e. The van der Waals surface area contributed by atoms with Crippen molar-refractivity contribution in [3.63, 3.8) is 0 Å². The van der Waals surface area contributed by atoms with Crippen LogP contribution in [0.15, 0.2) is 30.3 Å². The summed E-state index contributed by atoms with van der Waals surface area (Å²) in [6.07, 6.45) is 0. The van der Waals surface area contributed by atoms with E-state index in [2.05, 4.69) is 0 Å². The van der Waals surface area contributed by atoms with Crippen molar-refractivity contribution in [3.8, 4) is 0 Å². The van der Waals surface area contributed by atoms with Gasteiger partial charge in [0.05, 0.1) is 5.38 Å². The summed E-state index contributed by atoms with van der Waals surface area (Å²) in [4.78, 5) is 0. The number of halogens is 5. The van der Waals surface area contributed by atoms with Crippen molar-refractivity contribution in [2.45, 2.75) is 12.3 Å². The Kier molecular flexibility index (Phi) is 4.07. The molecule has 0 saturated carbocycles. The summed E-state index contributed by atoms with van der Waals surface area (Å²) >= 11 is 11.7. The fourth-order valence-corrected chi connectivity index (χ4v) is 2.25. The topological polar surface area (TPSA) is 0 Å². The molecule has 1 unspecified atom stereocenters. The molecule has 0 aliphatic carbocycles. The number of rotatable bonds is 2. The molecule has 0 bridgehead atoms. The van der Waals surface area contributed by atoms with Crippen molar-refractivity contribution in [1.29, 1.82) is 0 Å². The van der Waals surface area contributed by atoms with Crippen LogP contribution < -0.4 is 0 Å². The van der Waals surface area contributed by atoms with Gasteiger partial charge in [-0.3, -0.25) is 0 Å². The van der Waals surface area contributed by atoms with E-state index < -0.39 is 22.8 Å². The molecule has 2 aromatic carbocycles. The van der Waals surface area contributed by atoms with E-state index in [-0.39, 0.29) is 21.7 Å². The van der Waals surface area contributed by atoms with Gasteiger partial charge in [0.1, 0.15) is 17.5 Å². The standard InChI is InChI=1S/C14H9Cl2F3/c1-7-4-10(13(19)6-11(7)17)14(16)9-3-2-8(15)5-12(9)18/h2-6,14H,1H3. The Hall–Kier alpha value is -1.19. The first kappa shape index (κ1) is 14.2. The Balaban J connectivity index is 2.49. The molecule has 0 amide bonds. The summed E-state index contributed by atoms with van der Waals surface area (Å²) in [5, 5.41) is -0.822. The fourth-order valence-electron chi connectivity index (χ4n) is 1.75. The van der Waals surface area contributed by atoms with Gasteiger partial charge >= 0.3 is 0 Å². The van der Waals surface area contributed by atoms with Crippen molar-refractivity contribution < 1.29 is 13.2 Å². The van der Waals surface area contributed by atoms with E-state index >= 15 is 0 Å². The quantitative estimate of drug-likeness (QED) is 0.652. The number of aryl methyl sites for hydroxylation is 1. The van der Waals surface area contributed by atoms with Crippen LogP contribution in [0.1, 0.15) is 22.1 Å². The Morgan fingerprint density at radius 3 is 2.16 bits per heavy atom. The fraction of sp³-hybridized carbons (Fsp3) is 0.143. The minimum absolute atomic E-state index is 0.0294. The van der Waals surface area contributed by atoms with Crippen LogP contribution in [0, 0.1) is 24.4 Å². The number of hydrogen-bond donors (Lipinski definition) is 0. The van der Waals surface area contributed by atoms with Gasteiger partial charge in [-0.25, -0.2) is 13.2 Å². The molecule has 0 aliphatic heterocycles. The zero-order valence-electron chi connectivity index (χ0n) is 9.85. The molecule has 0 spiro atoms. The highest BCUT2D eigenvalue weighted by atomic mass is 35.5. The second kappa shape index (κ2) is 5.43. The molecule has 0 N–H and O–H groups in total. The first-order chi connectivity index (χ1) is 8.90. The Morgan fingerprint density at radius 2 is 1.53 bits per heavy atom. The normalized spacial score (nSPS) is 12.5. The molecule has 0 fully saturated rings. The van der Waals surface area contributed by atoms with Crippen molar-refractivity contribution in [2.75, 3.05) is 0 Å². The lowest BCUT2D eigenvalue weighted by molar-refractivity contribution is 0.565. The average molecular weight is 305 g/mol. The molecule has 1 atom stereocenters.